The van der Waals surface area contributed by atoms with E-state index in [-0.39, 0.29) is 5.92 Å². The third-order valence-electron chi connectivity index (χ3n) is 5.06. The van der Waals surface area contributed by atoms with Crippen molar-refractivity contribution in [2.45, 2.75) is 32.1 Å². The van der Waals surface area contributed by atoms with Gasteiger partial charge in [-0.05, 0) is 47.3 Å². The number of hydrogen-bond donors (Lipinski definition) is 1. The summed E-state index contributed by atoms with van der Waals surface area (Å²) in [5.74, 6) is 1.12. The van der Waals surface area contributed by atoms with E-state index in [1.165, 1.54) is 16.4 Å². The van der Waals surface area contributed by atoms with Crippen LogP contribution >= 0.6 is 27.5 Å². The van der Waals surface area contributed by atoms with Gasteiger partial charge >= 0.3 is 6.09 Å². The van der Waals surface area contributed by atoms with Crippen LogP contribution in [0.5, 0.6) is 0 Å². The van der Waals surface area contributed by atoms with Gasteiger partial charge in [0.05, 0.1) is 11.4 Å². The minimum absolute atomic E-state index is 0.237. The van der Waals surface area contributed by atoms with Crippen LogP contribution in [0.15, 0.2) is 16.9 Å². The highest BCUT2D eigenvalue weighted by Gasteiger charge is 2.26. The Bertz CT molecular complexity index is 1010. The number of piperidine rings is 1. The van der Waals surface area contributed by atoms with E-state index in [0.717, 1.165) is 47.2 Å². The molecule has 148 valence electrons. The predicted octanol–water partition coefficient (Wildman–Crippen LogP) is 3.53. The van der Waals surface area contributed by atoms with E-state index in [4.69, 9.17) is 15.2 Å². The zero-order chi connectivity index (χ0) is 19.8. The van der Waals surface area contributed by atoms with E-state index in [1.54, 1.807) is 0 Å². The maximum atomic E-state index is 11.1. The van der Waals surface area contributed by atoms with E-state index in [9.17, 15) is 4.79 Å². The van der Waals surface area contributed by atoms with Gasteiger partial charge in [-0.25, -0.2) is 9.78 Å². The lowest BCUT2D eigenvalue weighted by Gasteiger charge is -2.29. The molecule has 9 nitrogen and oxygen atoms in total. The third kappa shape index (κ3) is 3.44. The summed E-state index contributed by atoms with van der Waals surface area (Å²) in [6, 6.07) is 3.99. The van der Waals surface area contributed by atoms with Crippen molar-refractivity contribution in [1.82, 2.24) is 28.9 Å². The van der Waals surface area contributed by atoms with Gasteiger partial charge in [0.1, 0.15) is 0 Å². The zero-order valence-electron chi connectivity index (χ0n) is 15.5. The van der Waals surface area contributed by atoms with Crippen molar-refractivity contribution >= 4 is 50.2 Å². The molecule has 4 heterocycles. The molecule has 0 unspecified atom stereocenters. The molecule has 3 aromatic rings. The first-order valence-electron chi connectivity index (χ1n) is 9.07. The van der Waals surface area contributed by atoms with Crippen LogP contribution in [-0.4, -0.2) is 60.2 Å². The number of fused-ring (bicyclic) bond motifs is 1. The first-order valence-corrected chi connectivity index (χ1v) is 10.6. The normalized spacial score (nSPS) is 15.3. The number of nitrogens with zero attached hydrogens (tertiary/aromatic N) is 7. The van der Waals surface area contributed by atoms with Gasteiger partial charge in [-0.1, -0.05) is 6.92 Å². The molecule has 1 amide bonds. The molecule has 0 saturated carbocycles. The van der Waals surface area contributed by atoms with E-state index in [0.29, 0.717) is 17.8 Å². The third-order valence-corrected chi connectivity index (χ3v) is 6.44. The summed E-state index contributed by atoms with van der Waals surface area (Å²) in [6.07, 6.45) is 1.47. The van der Waals surface area contributed by atoms with E-state index in [2.05, 4.69) is 32.2 Å². The number of aryl methyl sites for hydroxylation is 1. The number of halogens is 1. The number of aromatic nitrogens is 5. The molecule has 11 heteroatoms. The van der Waals surface area contributed by atoms with Crippen LogP contribution in [0.3, 0.4) is 0 Å². The van der Waals surface area contributed by atoms with E-state index < -0.39 is 6.09 Å². The van der Waals surface area contributed by atoms with Crippen LogP contribution in [0.2, 0.25) is 0 Å². The van der Waals surface area contributed by atoms with E-state index >= 15 is 0 Å². The number of carboxylic acid groups (broad SMARTS) is 1. The summed E-state index contributed by atoms with van der Waals surface area (Å²) in [5, 5.41) is 14.8. The van der Waals surface area contributed by atoms with Gasteiger partial charge in [-0.3, -0.25) is 0 Å². The average Bonchev–Trinajstić information content (AvgIpc) is 3.30. The first kappa shape index (κ1) is 19.1. The lowest BCUT2D eigenvalue weighted by atomic mass is 9.93. The number of hydrogen-bond acceptors (Lipinski definition) is 7. The molecule has 0 aromatic carbocycles. The average molecular weight is 466 g/mol. The molecule has 0 aliphatic carbocycles. The number of amides is 1. The molecule has 0 spiro atoms. The van der Waals surface area contributed by atoms with Crippen molar-refractivity contribution in [1.29, 1.82) is 0 Å². The van der Waals surface area contributed by atoms with Gasteiger partial charge in [0.2, 0.25) is 9.87 Å². The Morgan fingerprint density at radius 1 is 1.36 bits per heavy atom. The lowest BCUT2D eigenvalue weighted by molar-refractivity contribution is 0.131. The summed E-state index contributed by atoms with van der Waals surface area (Å²) < 4.78 is 6.63. The maximum Gasteiger partial charge on any atom is 0.407 e. The minimum Gasteiger partial charge on any atom is -0.465 e. The lowest BCUT2D eigenvalue weighted by Crippen LogP contribution is -2.37. The zero-order valence-corrected chi connectivity index (χ0v) is 17.9. The Hall–Kier alpha value is -2.27. The number of imidazole rings is 1. The fraction of sp³-hybridized carbons (Fsp3) is 0.471. The first-order chi connectivity index (χ1) is 13.5. The monoisotopic (exact) mass is 465 g/mol. The molecule has 1 N–H and O–H groups in total. The number of rotatable bonds is 4. The fourth-order valence-electron chi connectivity index (χ4n) is 3.56. The second-order valence-corrected chi connectivity index (χ2v) is 8.15. The molecule has 28 heavy (non-hydrogen) atoms. The fourth-order valence-corrected chi connectivity index (χ4v) is 4.60. The van der Waals surface area contributed by atoms with Gasteiger partial charge in [-0.15, -0.1) is 0 Å². The molecular weight excluding hydrogens is 446 g/mol. The maximum absolute atomic E-state index is 11.1. The van der Waals surface area contributed by atoms with Crippen molar-refractivity contribution < 1.29 is 9.90 Å². The molecule has 1 aliphatic heterocycles. The van der Waals surface area contributed by atoms with Crippen LogP contribution in [0.25, 0.3) is 5.65 Å². The summed E-state index contributed by atoms with van der Waals surface area (Å²) in [5.41, 5.74) is 2.69. The second-order valence-electron chi connectivity index (χ2n) is 6.71. The second kappa shape index (κ2) is 7.63. The Morgan fingerprint density at radius 3 is 2.71 bits per heavy atom. The van der Waals surface area contributed by atoms with Gasteiger partial charge in [-0.2, -0.15) is 19.0 Å². The molecule has 0 radical (unpaired) electrons. The molecule has 1 fully saturated rings. The summed E-state index contributed by atoms with van der Waals surface area (Å²) in [7, 11) is 1.94. The highest BCUT2D eigenvalue weighted by Crippen LogP contribution is 2.32. The van der Waals surface area contributed by atoms with Crippen LogP contribution in [-0.2, 0) is 6.42 Å². The SMILES string of the molecule is CCc1nc2ccc(C3CCN(C(=O)O)CC3)nn2c1N(C)c1nc(Br)ns1. The molecule has 0 bridgehead atoms. The Labute approximate surface area is 174 Å². The number of anilines is 2. The predicted molar refractivity (Wildman–Crippen MR) is 110 cm³/mol. The van der Waals surface area contributed by atoms with Crippen molar-refractivity contribution in [3.05, 3.63) is 28.3 Å². The highest BCUT2D eigenvalue weighted by atomic mass is 79.9. The molecular formula is C17H20BrN7O2S. The van der Waals surface area contributed by atoms with Crippen LogP contribution in [0.1, 0.15) is 37.1 Å². The van der Waals surface area contributed by atoms with Crippen LogP contribution in [0, 0.1) is 0 Å². The topological polar surface area (TPSA) is 99.8 Å². The number of carbonyl (C=O) groups is 1. The van der Waals surface area contributed by atoms with Crippen molar-refractivity contribution in [3.8, 4) is 0 Å². The molecule has 1 saturated heterocycles. The van der Waals surface area contributed by atoms with Crippen molar-refractivity contribution in [2.75, 3.05) is 25.0 Å². The summed E-state index contributed by atoms with van der Waals surface area (Å²) in [4.78, 5) is 23.7. The smallest absolute Gasteiger partial charge is 0.407 e. The summed E-state index contributed by atoms with van der Waals surface area (Å²) >= 11 is 4.61. The Balaban J connectivity index is 1.70. The largest absolute Gasteiger partial charge is 0.465 e. The quantitative estimate of drug-likeness (QED) is 0.628. The van der Waals surface area contributed by atoms with Gasteiger partial charge in [0.15, 0.2) is 11.5 Å². The Kier molecular flexibility index (Phi) is 5.19. The minimum atomic E-state index is -0.851. The van der Waals surface area contributed by atoms with Crippen LogP contribution in [0.4, 0.5) is 15.7 Å². The van der Waals surface area contributed by atoms with Gasteiger partial charge < -0.3 is 14.9 Å². The van der Waals surface area contributed by atoms with Gasteiger partial charge in [0.25, 0.3) is 0 Å². The standard InChI is InChI=1S/C17H20BrN7O2S/c1-3-11-14(23(2)16-20-15(18)22-28-16)25-13(19-11)5-4-12(21-25)10-6-8-24(9-7-10)17(26)27/h4-5,10H,3,6-9H2,1-2H3,(H,26,27). The van der Waals surface area contributed by atoms with Crippen LogP contribution < -0.4 is 4.90 Å². The molecule has 0 atom stereocenters. The van der Waals surface area contributed by atoms with E-state index in [1.807, 2.05) is 28.6 Å². The molecule has 1 aliphatic rings. The molecule has 4 rings (SSSR count). The van der Waals surface area contributed by atoms with Gasteiger partial charge in [0, 0.05) is 37.6 Å². The van der Waals surface area contributed by atoms with Crippen molar-refractivity contribution in [3.63, 3.8) is 0 Å². The van der Waals surface area contributed by atoms with Crippen molar-refractivity contribution in [2.24, 2.45) is 0 Å². The highest BCUT2D eigenvalue weighted by molar-refractivity contribution is 9.10. The summed E-state index contributed by atoms with van der Waals surface area (Å²) in [6.45, 7) is 3.14. The number of likely N-dealkylation sites (tertiary alicyclic amines) is 1. The molecule has 3 aromatic heterocycles. The Morgan fingerprint density at radius 2 is 2.11 bits per heavy atom.